The van der Waals surface area contributed by atoms with Crippen molar-refractivity contribution in [3.63, 3.8) is 0 Å². The number of amidine groups is 1. The minimum Gasteiger partial charge on any atom is -0.287 e. The summed E-state index contributed by atoms with van der Waals surface area (Å²) < 4.78 is 0. The lowest BCUT2D eigenvalue weighted by Crippen LogP contribution is -2.31. The summed E-state index contributed by atoms with van der Waals surface area (Å²) in [7, 11) is 0. The van der Waals surface area contributed by atoms with E-state index in [2.05, 4.69) is 34.0 Å². The number of hydrogen-bond acceptors (Lipinski definition) is 3. The monoisotopic (exact) mass is 228 g/mol. The van der Waals surface area contributed by atoms with E-state index in [4.69, 9.17) is 0 Å². The second-order valence-corrected chi connectivity index (χ2v) is 3.56. The van der Waals surface area contributed by atoms with E-state index in [1.54, 1.807) is 0 Å². The highest BCUT2D eigenvalue weighted by molar-refractivity contribution is 6.09. The van der Waals surface area contributed by atoms with Crippen molar-refractivity contribution < 1.29 is 4.79 Å². The third-order valence-corrected chi connectivity index (χ3v) is 2.35. The highest BCUT2D eigenvalue weighted by Gasteiger charge is 2.14. The van der Waals surface area contributed by atoms with E-state index in [1.807, 2.05) is 24.3 Å². The third-order valence-electron chi connectivity index (χ3n) is 2.35. The molecule has 17 heavy (non-hydrogen) atoms. The largest absolute Gasteiger partial charge is 0.365 e. The first-order valence-corrected chi connectivity index (χ1v) is 5.28. The fraction of sp³-hybridized carbons (Fsp3) is 0.167. The van der Waals surface area contributed by atoms with Gasteiger partial charge in [0.2, 0.25) is 0 Å². The molecule has 0 unspecified atom stereocenters. The molecule has 86 valence electrons. The number of hydrogen-bond donors (Lipinski definition) is 1. The summed E-state index contributed by atoms with van der Waals surface area (Å²) in [5.74, 6) is 0.342. The average molecular weight is 228 g/mol. The molecule has 0 atom stereocenters. The summed E-state index contributed by atoms with van der Waals surface area (Å²) in [5, 5.41) is 9.43. The number of amides is 2. The SMILES string of the molecule is C=C1N=NC(=O)NC1=Nc1ccc(CC)cc1. The number of azo groups is 1. The minimum atomic E-state index is -0.527. The van der Waals surface area contributed by atoms with Gasteiger partial charge in [0.1, 0.15) is 5.70 Å². The molecule has 1 aliphatic heterocycles. The molecule has 1 aromatic carbocycles. The topological polar surface area (TPSA) is 66.2 Å². The van der Waals surface area contributed by atoms with Gasteiger partial charge in [0.05, 0.1) is 5.69 Å². The number of aryl methyl sites for hydroxylation is 1. The van der Waals surface area contributed by atoms with E-state index in [0.717, 1.165) is 12.1 Å². The van der Waals surface area contributed by atoms with Crippen LogP contribution in [0.4, 0.5) is 10.5 Å². The highest BCUT2D eigenvalue weighted by atomic mass is 16.2. The smallest absolute Gasteiger partial charge is 0.287 e. The lowest BCUT2D eigenvalue weighted by molar-refractivity contribution is 0.251. The molecule has 0 saturated carbocycles. The number of nitrogens with one attached hydrogen (secondary N) is 1. The van der Waals surface area contributed by atoms with Crippen molar-refractivity contribution >= 4 is 17.6 Å². The lowest BCUT2D eigenvalue weighted by Gasteiger charge is -2.09. The predicted octanol–water partition coefficient (Wildman–Crippen LogP) is 2.97. The molecule has 0 fully saturated rings. The van der Waals surface area contributed by atoms with Crippen LogP contribution in [0.1, 0.15) is 12.5 Å². The maximum Gasteiger partial charge on any atom is 0.365 e. The zero-order valence-electron chi connectivity index (χ0n) is 9.47. The minimum absolute atomic E-state index is 0.342. The van der Waals surface area contributed by atoms with Gasteiger partial charge in [-0.15, -0.1) is 5.11 Å². The lowest BCUT2D eigenvalue weighted by atomic mass is 10.1. The van der Waals surface area contributed by atoms with Crippen LogP contribution in [0.2, 0.25) is 0 Å². The molecule has 1 N–H and O–H groups in total. The van der Waals surface area contributed by atoms with Crippen molar-refractivity contribution in [1.29, 1.82) is 0 Å². The molecule has 1 aliphatic rings. The zero-order valence-corrected chi connectivity index (χ0v) is 9.47. The number of benzene rings is 1. The molecule has 0 spiro atoms. The summed E-state index contributed by atoms with van der Waals surface area (Å²) in [6.45, 7) is 5.74. The molecule has 5 nitrogen and oxygen atoms in total. The van der Waals surface area contributed by atoms with Crippen LogP contribution in [0, 0.1) is 0 Å². The first kappa shape index (κ1) is 11.2. The fourth-order valence-corrected chi connectivity index (χ4v) is 1.38. The molecular weight excluding hydrogens is 216 g/mol. The van der Waals surface area contributed by atoms with Crippen molar-refractivity contribution in [3.8, 4) is 0 Å². The van der Waals surface area contributed by atoms with E-state index in [0.29, 0.717) is 11.5 Å². The number of aliphatic imine (C=N–C) groups is 1. The second kappa shape index (κ2) is 4.69. The van der Waals surface area contributed by atoms with E-state index in [1.165, 1.54) is 5.56 Å². The molecule has 0 aromatic heterocycles. The molecule has 2 rings (SSSR count). The van der Waals surface area contributed by atoms with Gasteiger partial charge in [-0.25, -0.2) is 9.79 Å². The van der Waals surface area contributed by atoms with Crippen molar-refractivity contribution in [2.45, 2.75) is 13.3 Å². The molecule has 0 bridgehead atoms. The van der Waals surface area contributed by atoms with Crippen LogP contribution in [-0.4, -0.2) is 11.9 Å². The van der Waals surface area contributed by atoms with E-state index >= 15 is 0 Å². The van der Waals surface area contributed by atoms with Crippen molar-refractivity contribution in [2.75, 3.05) is 0 Å². The number of nitrogens with zero attached hydrogens (tertiary/aromatic N) is 3. The normalized spacial score (nSPS) is 17.4. The molecular formula is C12H12N4O. The Hall–Kier alpha value is -2.30. The number of urea groups is 1. The van der Waals surface area contributed by atoms with Gasteiger partial charge < -0.3 is 0 Å². The molecule has 1 aromatic rings. The van der Waals surface area contributed by atoms with Gasteiger partial charge in [-0.3, -0.25) is 5.32 Å². The Labute approximate surface area is 99.0 Å². The van der Waals surface area contributed by atoms with Gasteiger partial charge in [-0.05, 0) is 24.1 Å². The summed E-state index contributed by atoms with van der Waals surface area (Å²) >= 11 is 0. The summed E-state index contributed by atoms with van der Waals surface area (Å²) in [6.07, 6.45) is 0.981. The Morgan fingerprint density at radius 2 is 2.00 bits per heavy atom. The Balaban J connectivity index is 2.26. The van der Waals surface area contributed by atoms with Gasteiger partial charge in [0, 0.05) is 0 Å². The second-order valence-electron chi connectivity index (χ2n) is 3.56. The Bertz CT molecular complexity index is 514. The number of carbonyl (C=O) groups is 1. The summed E-state index contributed by atoms with van der Waals surface area (Å²) in [4.78, 5) is 15.3. The Morgan fingerprint density at radius 1 is 1.29 bits per heavy atom. The van der Waals surface area contributed by atoms with Crippen LogP contribution in [0.5, 0.6) is 0 Å². The zero-order chi connectivity index (χ0) is 12.3. The summed E-state index contributed by atoms with van der Waals surface area (Å²) in [6, 6.07) is 7.23. The Kier molecular flexibility index (Phi) is 3.09. The van der Waals surface area contributed by atoms with Crippen molar-refractivity contribution in [2.24, 2.45) is 15.2 Å². The molecule has 0 saturated heterocycles. The molecule has 1 heterocycles. The van der Waals surface area contributed by atoms with E-state index in [9.17, 15) is 4.79 Å². The van der Waals surface area contributed by atoms with Crippen LogP contribution in [0.25, 0.3) is 0 Å². The average Bonchev–Trinajstić information content (AvgIpc) is 2.35. The van der Waals surface area contributed by atoms with Crippen LogP contribution in [0.15, 0.2) is 51.8 Å². The van der Waals surface area contributed by atoms with Gasteiger partial charge >= 0.3 is 6.03 Å². The standard InChI is InChI=1S/C12H12N4O/c1-3-9-4-6-10(7-5-9)13-11-8(2)15-16-12(17)14-11/h4-7H,2-3H2,1H3,(H,13,14,17). The van der Waals surface area contributed by atoms with E-state index in [-0.39, 0.29) is 0 Å². The highest BCUT2D eigenvalue weighted by Crippen LogP contribution is 2.15. The van der Waals surface area contributed by atoms with Gasteiger partial charge in [0.25, 0.3) is 0 Å². The third kappa shape index (κ3) is 2.63. The summed E-state index contributed by atoms with van der Waals surface area (Å²) in [5.41, 5.74) is 2.33. The van der Waals surface area contributed by atoms with Crippen molar-refractivity contribution in [3.05, 3.63) is 42.1 Å². The molecule has 0 aliphatic carbocycles. The first-order valence-electron chi connectivity index (χ1n) is 5.28. The van der Waals surface area contributed by atoms with Crippen molar-refractivity contribution in [1.82, 2.24) is 5.32 Å². The van der Waals surface area contributed by atoms with Gasteiger partial charge in [-0.1, -0.05) is 30.7 Å². The number of rotatable bonds is 2. The maximum absolute atomic E-state index is 11.0. The predicted molar refractivity (Wildman–Crippen MR) is 65.4 cm³/mol. The molecule has 0 radical (unpaired) electrons. The van der Waals surface area contributed by atoms with Crippen LogP contribution in [0.3, 0.4) is 0 Å². The molecule has 5 heteroatoms. The van der Waals surface area contributed by atoms with E-state index < -0.39 is 6.03 Å². The van der Waals surface area contributed by atoms with Crippen LogP contribution in [-0.2, 0) is 6.42 Å². The Morgan fingerprint density at radius 3 is 2.65 bits per heavy atom. The van der Waals surface area contributed by atoms with Crippen LogP contribution < -0.4 is 5.32 Å². The van der Waals surface area contributed by atoms with Gasteiger partial charge in [-0.2, -0.15) is 0 Å². The number of carbonyl (C=O) groups excluding carboxylic acids is 1. The van der Waals surface area contributed by atoms with Crippen LogP contribution >= 0.6 is 0 Å². The fourth-order valence-electron chi connectivity index (χ4n) is 1.38. The molecule has 2 amide bonds. The maximum atomic E-state index is 11.0. The van der Waals surface area contributed by atoms with Gasteiger partial charge in [0.15, 0.2) is 5.84 Å². The quantitative estimate of drug-likeness (QED) is 0.830. The first-order chi connectivity index (χ1) is 8.19.